The summed E-state index contributed by atoms with van der Waals surface area (Å²) in [4.78, 5) is 10.2. The van der Waals surface area contributed by atoms with Gasteiger partial charge >= 0.3 is 0 Å². The maximum Gasteiger partial charge on any atom is 0.278 e. The summed E-state index contributed by atoms with van der Waals surface area (Å²) >= 11 is 0. The SMILES string of the molecule is CCOc1cc([N+](=O)[O-])c(CO)cc1OC. The van der Waals surface area contributed by atoms with Crippen molar-refractivity contribution in [1.29, 1.82) is 0 Å². The lowest BCUT2D eigenvalue weighted by atomic mass is 10.1. The van der Waals surface area contributed by atoms with Gasteiger partial charge in [0.1, 0.15) is 0 Å². The van der Waals surface area contributed by atoms with Crippen molar-refractivity contribution in [3.8, 4) is 11.5 Å². The van der Waals surface area contributed by atoms with E-state index in [-0.39, 0.29) is 11.3 Å². The molecule has 1 aromatic rings. The van der Waals surface area contributed by atoms with E-state index in [2.05, 4.69) is 0 Å². The zero-order valence-corrected chi connectivity index (χ0v) is 9.10. The second kappa shape index (κ2) is 5.32. The fourth-order valence-electron chi connectivity index (χ4n) is 1.32. The molecule has 0 radical (unpaired) electrons. The van der Waals surface area contributed by atoms with E-state index in [4.69, 9.17) is 14.6 Å². The van der Waals surface area contributed by atoms with E-state index in [0.29, 0.717) is 18.1 Å². The van der Waals surface area contributed by atoms with E-state index in [1.807, 2.05) is 0 Å². The van der Waals surface area contributed by atoms with Crippen molar-refractivity contribution < 1.29 is 19.5 Å². The summed E-state index contributed by atoms with van der Waals surface area (Å²) in [5.74, 6) is 0.672. The number of aliphatic hydroxyl groups is 1. The fraction of sp³-hybridized carbons (Fsp3) is 0.400. The molecule has 0 heterocycles. The number of hydrogen-bond donors (Lipinski definition) is 1. The zero-order chi connectivity index (χ0) is 12.1. The minimum Gasteiger partial charge on any atom is -0.493 e. The summed E-state index contributed by atoms with van der Waals surface area (Å²) in [5.41, 5.74) is 0.0250. The Morgan fingerprint density at radius 2 is 2.12 bits per heavy atom. The first-order valence-electron chi connectivity index (χ1n) is 4.73. The number of aliphatic hydroxyl groups excluding tert-OH is 1. The van der Waals surface area contributed by atoms with Crippen molar-refractivity contribution >= 4 is 5.69 Å². The van der Waals surface area contributed by atoms with Gasteiger partial charge in [0, 0.05) is 0 Å². The Labute approximate surface area is 92.6 Å². The molecule has 0 aliphatic heterocycles. The van der Waals surface area contributed by atoms with Gasteiger partial charge in [0.15, 0.2) is 11.5 Å². The third-order valence-electron chi connectivity index (χ3n) is 2.03. The quantitative estimate of drug-likeness (QED) is 0.608. The number of rotatable bonds is 5. The van der Waals surface area contributed by atoms with Crippen molar-refractivity contribution in [3.63, 3.8) is 0 Å². The van der Waals surface area contributed by atoms with Gasteiger partial charge in [-0.3, -0.25) is 10.1 Å². The van der Waals surface area contributed by atoms with Gasteiger partial charge in [0.25, 0.3) is 5.69 Å². The highest BCUT2D eigenvalue weighted by Gasteiger charge is 2.18. The number of nitro benzene ring substituents is 1. The van der Waals surface area contributed by atoms with Crippen LogP contribution in [0.1, 0.15) is 12.5 Å². The Balaban J connectivity index is 3.28. The highest BCUT2D eigenvalue weighted by Crippen LogP contribution is 2.34. The number of methoxy groups -OCH3 is 1. The van der Waals surface area contributed by atoms with Crippen LogP contribution < -0.4 is 9.47 Å². The lowest BCUT2D eigenvalue weighted by molar-refractivity contribution is -0.385. The van der Waals surface area contributed by atoms with Crippen LogP contribution >= 0.6 is 0 Å². The summed E-state index contributed by atoms with van der Waals surface area (Å²) in [6.45, 7) is 1.73. The van der Waals surface area contributed by atoms with Crippen LogP contribution in [0.3, 0.4) is 0 Å². The Morgan fingerprint density at radius 3 is 2.56 bits per heavy atom. The lowest BCUT2D eigenvalue weighted by Crippen LogP contribution is -2.01. The average molecular weight is 227 g/mol. The van der Waals surface area contributed by atoms with E-state index < -0.39 is 11.5 Å². The van der Waals surface area contributed by atoms with Crippen LogP contribution in [0.4, 0.5) is 5.69 Å². The number of benzene rings is 1. The highest BCUT2D eigenvalue weighted by molar-refractivity contribution is 5.54. The molecule has 0 aliphatic rings. The summed E-state index contributed by atoms with van der Waals surface area (Å²) in [6.07, 6.45) is 0. The lowest BCUT2D eigenvalue weighted by Gasteiger charge is -2.10. The molecule has 0 fully saturated rings. The normalized spacial score (nSPS) is 9.94. The highest BCUT2D eigenvalue weighted by atomic mass is 16.6. The van der Waals surface area contributed by atoms with Gasteiger partial charge in [-0.2, -0.15) is 0 Å². The van der Waals surface area contributed by atoms with Crippen LogP contribution in [0, 0.1) is 10.1 Å². The molecule has 0 bridgehead atoms. The summed E-state index contributed by atoms with van der Waals surface area (Å²) in [7, 11) is 1.44. The molecule has 1 N–H and O–H groups in total. The maximum absolute atomic E-state index is 10.7. The van der Waals surface area contributed by atoms with Crippen molar-refractivity contribution in [1.82, 2.24) is 0 Å². The van der Waals surface area contributed by atoms with Gasteiger partial charge in [-0.1, -0.05) is 0 Å². The van der Waals surface area contributed by atoms with Crippen LogP contribution in [-0.4, -0.2) is 23.7 Å². The molecule has 1 rings (SSSR count). The minimum atomic E-state index is -0.562. The van der Waals surface area contributed by atoms with E-state index >= 15 is 0 Å². The van der Waals surface area contributed by atoms with Crippen molar-refractivity contribution in [2.45, 2.75) is 13.5 Å². The first-order valence-corrected chi connectivity index (χ1v) is 4.73. The fourth-order valence-corrected chi connectivity index (χ4v) is 1.32. The third kappa shape index (κ3) is 2.40. The Bertz CT molecular complexity index is 391. The topological polar surface area (TPSA) is 81.8 Å². The molecule has 0 saturated carbocycles. The van der Waals surface area contributed by atoms with Gasteiger partial charge < -0.3 is 14.6 Å². The Morgan fingerprint density at radius 1 is 1.44 bits per heavy atom. The number of nitrogens with zero attached hydrogens (tertiary/aromatic N) is 1. The van der Waals surface area contributed by atoms with Gasteiger partial charge in [0.05, 0.1) is 36.9 Å². The van der Waals surface area contributed by atoms with Gasteiger partial charge in [-0.15, -0.1) is 0 Å². The largest absolute Gasteiger partial charge is 0.493 e. The standard InChI is InChI=1S/C10H13NO5/c1-3-16-10-5-8(11(13)14)7(6-12)4-9(10)15-2/h4-5,12H,3,6H2,1-2H3. The van der Waals surface area contributed by atoms with Crippen LogP contribution in [0.15, 0.2) is 12.1 Å². The first-order chi connectivity index (χ1) is 7.63. The van der Waals surface area contributed by atoms with Gasteiger partial charge in [0.2, 0.25) is 0 Å². The average Bonchev–Trinajstić information content (AvgIpc) is 2.28. The summed E-state index contributed by atoms with van der Waals surface area (Å²) in [5, 5.41) is 19.7. The third-order valence-corrected chi connectivity index (χ3v) is 2.03. The summed E-state index contributed by atoms with van der Waals surface area (Å²) < 4.78 is 10.2. The van der Waals surface area contributed by atoms with E-state index in [0.717, 1.165) is 0 Å². The molecule has 0 aromatic heterocycles. The molecule has 0 amide bonds. The number of ether oxygens (including phenoxy) is 2. The molecule has 6 heteroatoms. The zero-order valence-electron chi connectivity index (χ0n) is 9.10. The summed E-state index contributed by atoms with van der Waals surface area (Å²) in [6, 6.07) is 2.66. The molecule has 6 nitrogen and oxygen atoms in total. The van der Waals surface area contributed by atoms with Crippen molar-refractivity contribution in [3.05, 3.63) is 27.8 Å². The first kappa shape index (κ1) is 12.3. The molecule has 0 saturated heterocycles. The predicted molar refractivity (Wildman–Crippen MR) is 56.7 cm³/mol. The molecule has 0 spiro atoms. The molecule has 0 unspecified atom stereocenters. The van der Waals surface area contributed by atoms with E-state index in [1.165, 1.54) is 19.2 Å². The molecule has 0 atom stereocenters. The molecule has 88 valence electrons. The van der Waals surface area contributed by atoms with Crippen molar-refractivity contribution in [2.75, 3.05) is 13.7 Å². The smallest absolute Gasteiger partial charge is 0.278 e. The van der Waals surface area contributed by atoms with Gasteiger partial charge in [-0.05, 0) is 13.0 Å². The monoisotopic (exact) mass is 227 g/mol. The van der Waals surface area contributed by atoms with Crippen LogP contribution in [-0.2, 0) is 6.61 Å². The number of nitro groups is 1. The van der Waals surface area contributed by atoms with Crippen LogP contribution in [0.2, 0.25) is 0 Å². The molecule has 16 heavy (non-hydrogen) atoms. The van der Waals surface area contributed by atoms with Gasteiger partial charge in [-0.25, -0.2) is 0 Å². The van der Waals surface area contributed by atoms with E-state index in [9.17, 15) is 10.1 Å². The van der Waals surface area contributed by atoms with E-state index in [1.54, 1.807) is 6.92 Å². The minimum absolute atomic E-state index is 0.174. The Hall–Kier alpha value is -1.82. The molecular weight excluding hydrogens is 214 g/mol. The predicted octanol–water partition coefficient (Wildman–Crippen LogP) is 1.49. The second-order valence-electron chi connectivity index (χ2n) is 2.98. The van der Waals surface area contributed by atoms with Crippen molar-refractivity contribution in [2.24, 2.45) is 0 Å². The molecule has 1 aromatic carbocycles. The molecule has 0 aliphatic carbocycles. The Kier molecular flexibility index (Phi) is 4.07. The molecular formula is C10H13NO5. The second-order valence-corrected chi connectivity index (χ2v) is 2.98. The maximum atomic E-state index is 10.7. The van der Waals surface area contributed by atoms with Crippen LogP contribution in [0.25, 0.3) is 0 Å². The van der Waals surface area contributed by atoms with Crippen LogP contribution in [0.5, 0.6) is 11.5 Å². The number of hydrogen-bond acceptors (Lipinski definition) is 5.